The zero-order chi connectivity index (χ0) is 20.8. The van der Waals surface area contributed by atoms with Gasteiger partial charge in [0.25, 0.3) is 0 Å². The summed E-state index contributed by atoms with van der Waals surface area (Å²) in [6.45, 7) is 8.69. The minimum Gasteiger partial charge on any atom is -0.399 e. The second-order valence-electron chi connectivity index (χ2n) is 8.21. The minimum absolute atomic E-state index is 0.0898. The molecule has 0 spiro atoms. The molecule has 0 atom stereocenters. The fourth-order valence-electron chi connectivity index (χ4n) is 4.29. The Hall–Kier alpha value is -2.98. The van der Waals surface area contributed by atoms with Crippen LogP contribution in [0.3, 0.4) is 0 Å². The molecule has 0 saturated heterocycles. The van der Waals surface area contributed by atoms with Gasteiger partial charge in [-0.15, -0.1) is 0 Å². The van der Waals surface area contributed by atoms with Gasteiger partial charge in [-0.3, -0.25) is 4.79 Å². The highest BCUT2D eigenvalue weighted by Crippen LogP contribution is 2.42. The first-order valence-corrected chi connectivity index (χ1v) is 13.1. The lowest BCUT2D eigenvalue weighted by molar-refractivity contribution is -0.117. The predicted molar refractivity (Wildman–Crippen MR) is 125 cm³/mol. The third-order valence-corrected chi connectivity index (χ3v) is 9.42. The molecule has 0 radical (unpaired) electrons. The normalized spacial score (nSPS) is 18.3. The lowest BCUT2D eigenvalue weighted by atomic mass is 9.87. The number of carbonyl (C=O) groups excluding carboxylic acids is 1. The second-order valence-corrected chi connectivity index (χ2v) is 12.5. The third-order valence-electron chi connectivity index (χ3n) is 5.90. The van der Waals surface area contributed by atoms with E-state index in [1.54, 1.807) is 0 Å². The number of hydrogen-bond acceptors (Lipinski definition) is 2. The molecule has 1 amide bonds. The Kier molecular flexibility index (Phi) is 4.75. The van der Waals surface area contributed by atoms with E-state index in [9.17, 15) is 4.79 Å². The van der Waals surface area contributed by atoms with Crippen LogP contribution in [0.15, 0.2) is 76.5 Å². The number of allylic oxidation sites excluding steroid dienone is 5. The van der Waals surface area contributed by atoms with Crippen molar-refractivity contribution in [3.8, 4) is 0 Å². The maximum Gasteiger partial charge on any atom is 0.245 e. The number of aryl methyl sites for hydroxylation is 1. The molecule has 0 fully saturated rings. The lowest BCUT2D eigenvalue weighted by Crippen LogP contribution is -2.49. The van der Waals surface area contributed by atoms with Crippen molar-refractivity contribution in [2.45, 2.75) is 33.4 Å². The monoisotopic (exact) mass is 398 g/mol. The number of benzene rings is 2. The van der Waals surface area contributed by atoms with E-state index < -0.39 is 8.07 Å². The van der Waals surface area contributed by atoms with Crippen LogP contribution in [-0.2, 0) is 4.79 Å². The molecule has 2 aliphatic rings. The number of carbonyl (C=O) groups is 1. The summed E-state index contributed by atoms with van der Waals surface area (Å²) in [6.07, 6.45) is 6.65. The van der Waals surface area contributed by atoms with E-state index in [0.717, 1.165) is 11.4 Å². The van der Waals surface area contributed by atoms with Crippen LogP contribution < -0.4 is 10.9 Å². The third kappa shape index (κ3) is 3.23. The average molecular weight is 399 g/mol. The molecule has 2 aromatic carbocycles. The van der Waals surface area contributed by atoms with Crippen molar-refractivity contribution >= 4 is 36.1 Å². The fourth-order valence-corrected chi connectivity index (χ4v) is 7.38. The van der Waals surface area contributed by atoms with Crippen molar-refractivity contribution in [1.29, 1.82) is 0 Å². The number of amides is 1. The van der Waals surface area contributed by atoms with Gasteiger partial charge in [-0.05, 0) is 69.4 Å². The Labute approximate surface area is 173 Å². The highest BCUT2D eigenvalue weighted by Gasteiger charge is 2.39. The van der Waals surface area contributed by atoms with Crippen molar-refractivity contribution in [2.24, 2.45) is 4.99 Å². The topological polar surface area (TPSA) is 55.5 Å². The molecule has 1 heterocycles. The number of nitrogens with two attached hydrogens (primary N) is 1. The Bertz CT molecular complexity index is 1150. The summed E-state index contributed by atoms with van der Waals surface area (Å²) >= 11 is 0. The van der Waals surface area contributed by atoms with E-state index in [1.807, 2.05) is 19.1 Å². The Morgan fingerprint density at radius 2 is 1.83 bits per heavy atom. The van der Waals surface area contributed by atoms with Gasteiger partial charge in [-0.1, -0.05) is 56.4 Å². The van der Waals surface area contributed by atoms with Crippen LogP contribution in [0.25, 0.3) is 5.57 Å². The SMILES string of the molecule is CCC(=O)N=C1C=CC2=C(c3ccccc3C)c3ccc(N)cc3[Si](C)(C)C2=C1. The van der Waals surface area contributed by atoms with Crippen LogP contribution in [0.5, 0.6) is 0 Å². The predicted octanol–water partition coefficient (Wildman–Crippen LogP) is 4.72. The second kappa shape index (κ2) is 7.12. The molecule has 146 valence electrons. The van der Waals surface area contributed by atoms with Crippen LogP contribution in [0, 0.1) is 6.92 Å². The quantitative estimate of drug-likeness (QED) is 0.588. The molecule has 4 heteroatoms. The highest BCUT2D eigenvalue weighted by molar-refractivity contribution is 6.98. The fraction of sp³-hybridized carbons (Fsp3) is 0.200. The summed E-state index contributed by atoms with van der Waals surface area (Å²) in [7, 11) is -2.02. The molecule has 2 N–H and O–H groups in total. The number of aliphatic imine (C=N–C) groups is 1. The molecule has 2 aromatic rings. The molecular weight excluding hydrogens is 372 g/mol. The molecule has 1 aliphatic heterocycles. The van der Waals surface area contributed by atoms with Crippen molar-refractivity contribution in [3.05, 3.63) is 88.2 Å². The maximum absolute atomic E-state index is 11.9. The molecule has 0 unspecified atom stereocenters. The number of anilines is 1. The molecule has 0 saturated carbocycles. The van der Waals surface area contributed by atoms with Gasteiger partial charge in [-0.25, -0.2) is 4.99 Å². The van der Waals surface area contributed by atoms with Gasteiger partial charge in [0, 0.05) is 12.1 Å². The summed E-state index contributed by atoms with van der Waals surface area (Å²) in [4.78, 5) is 16.2. The summed E-state index contributed by atoms with van der Waals surface area (Å²) in [5.74, 6) is -0.0898. The average Bonchev–Trinajstić information content (AvgIpc) is 2.70. The van der Waals surface area contributed by atoms with E-state index >= 15 is 0 Å². The van der Waals surface area contributed by atoms with Gasteiger partial charge < -0.3 is 5.73 Å². The van der Waals surface area contributed by atoms with Crippen LogP contribution in [0.1, 0.15) is 30.0 Å². The van der Waals surface area contributed by atoms with Crippen LogP contribution in [0.2, 0.25) is 13.1 Å². The number of hydrogen-bond donors (Lipinski definition) is 1. The Balaban J connectivity index is 2.05. The summed E-state index contributed by atoms with van der Waals surface area (Å²) in [6, 6.07) is 14.8. The van der Waals surface area contributed by atoms with Gasteiger partial charge in [-0.2, -0.15) is 0 Å². The van der Waals surface area contributed by atoms with Crippen LogP contribution >= 0.6 is 0 Å². The standard InChI is InChI=1S/C25H26N2OSi/c1-5-24(28)27-18-11-13-21-23(15-18)29(3,4)22-14-17(26)10-12-20(22)25(21)19-9-7-6-8-16(19)2/h6-15H,5,26H2,1-4H3. The molecule has 29 heavy (non-hydrogen) atoms. The number of rotatable bonds is 2. The first-order valence-electron chi connectivity index (χ1n) is 10.1. The van der Waals surface area contributed by atoms with Gasteiger partial charge in [0.1, 0.15) is 8.07 Å². The smallest absolute Gasteiger partial charge is 0.245 e. The lowest BCUT2D eigenvalue weighted by Gasteiger charge is -2.38. The summed E-state index contributed by atoms with van der Waals surface area (Å²) in [5, 5.41) is 2.64. The van der Waals surface area contributed by atoms with Gasteiger partial charge in [0.05, 0.1) is 5.71 Å². The van der Waals surface area contributed by atoms with E-state index in [4.69, 9.17) is 5.73 Å². The Morgan fingerprint density at radius 3 is 2.55 bits per heavy atom. The molecule has 1 aliphatic carbocycles. The molecular formula is C25H26N2OSi. The molecule has 0 bridgehead atoms. The van der Waals surface area contributed by atoms with Crippen molar-refractivity contribution in [1.82, 2.24) is 0 Å². The van der Waals surface area contributed by atoms with Crippen molar-refractivity contribution < 1.29 is 4.79 Å². The van der Waals surface area contributed by atoms with Crippen LogP contribution in [0.4, 0.5) is 5.69 Å². The number of nitrogen functional groups attached to an aromatic ring is 1. The largest absolute Gasteiger partial charge is 0.399 e. The number of fused-ring (bicyclic) bond motifs is 2. The first-order chi connectivity index (χ1) is 13.8. The van der Waals surface area contributed by atoms with E-state index in [2.05, 4.69) is 73.6 Å². The Morgan fingerprint density at radius 1 is 1.07 bits per heavy atom. The minimum atomic E-state index is -2.02. The number of nitrogens with zero attached hydrogens (tertiary/aromatic N) is 1. The molecule has 0 aromatic heterocycles. The van der Waals surface area contributed by atoms with E-state index in [0.29, 0.717) is 6.42 Å². The van der Waals surface area contributed by atoms with Gasteiger partial charge in [0.2, 0.25) is 5.91 Å². The van der Waals surface area contributed by atoms with Crippen molar-refractivity contribution in [3.63, 3.8) is 0 Å². The zero-order valence-corrected chi connectivity index (χ0v) is 18.4. The van der Waals surface area contributed by atoms with Crippen LogP contribution in [-0.4, -0.2) is 19.7 Å². The van der Waals surface area contributed by atoms with E-state index in [1.165, 1.54) is 38.2 Å². The first kappa shape index (κ1) is 19.3. The van der Waals surface area contributed by atoms with Crippen molar-refractivity contribution in [2.75, 3.05) is 5.73 Å². The zero-order valence-electron chi connectivity index (χ0n) is 17.4. The maximum atomic E-state index is 11.9. The highest BCUT2D eigenvalue weighted by atomic mass is 28.3. The summed E-state index contributed by atoms with van der Waals surface area (Å²) in [5.41, 5.74) is 14.0. The summed E-state index contributed by atoms with van der Waals surface area (Å²) < 4.78 is 0. The molecule has 4 rings (SSSR count). The molecule has 3 nitrogen and oxygen atoms in total. The van der Waals surface area contributed by atoms with E-state index in [-0.39, 0.29) is 5.91 Å². The van der Waals surface area contributed by atoms with Gasteiger partial charge >= 0.3 is 0 Å². The van der Waals surface area contributed by atoms with Gasteiger partial charge in [0.15, 0.2) is 0 Å².